The number of hydrogen-bond acceptors (Lipinski definition) is 3. The molecule has 0 atom stereocenters. The molecule has 2 rings (SSSR count). The van der Waals surface area contributed by atoms with Crippen molar-refractivity contribution in [1.29, 1.82) is 0 Å². The average Bonchev–Trinajstić information content (AvgIpc) is 2.47. The first kappa shape index (κ1) is 8.98. The molecule has 3 nitrogen and oxygen atoms in total. The van der Waals surface area contributed by atoms with Crippen LogP contribution in [0.3, 0.4) is 0 Å². The molecule has 1 aliphatic rings. The molecule has 1 aliphatic heterocycles. The highest BCUT2D eigenvalue weighted by molar-refractivity contribution is 5.52. The fraction of sp³-hybridized carbons (Fsp3) is 0.250. The molecule has 0 fully saturated rings. The van der Waals surface area contributed by atoms with E-state index in [1.165, 1.54) is 0 Å². The standard InChI is InChI=1S/C8H5F3O3/c9-8(10,11)4-1-6-7(2-5(4)12)14-3-13-6/h1-2,12H,3H2. The van der Waals surface area contributed by atoms with E-state index in [-0.39, 0.29) is 18.3 Å². The van der Waals surface area contributed by atoms with E-state index in [0.717, 1.165) is 12.1 Å². The summed E-state index contributed by atoms with van der Waals surface area (Å²) < 4.78 is 46.3. The smallest absolute Gasteiger partial charge is 0.420 e. The van der Waals surface area contributed by atoms with Crippen molar-refractivity contribution in [2.24, 2.45) is 0 Å². The van der Waals surface area contributed by atoms with Gasteiger partial charge in [0.2, 0.25) is 6.79 Å². The summed E-state index contributed by atoms with van der Waals surface area (Å²) in [4.78, 5) is 0. The van der Waals surface area contributed by atoms with Crippen LogP contribution in [0.15, 0.2) is 12.1 Å². The van der Waals surface area contributed by atoms with Crippen molar-refractivity contribution in [3.05, 3.63) is 17.7 Å². The second-order valence-electron chi connectivity index (χ2n) is 2.72. The Labute approximate surface area is 76.7 Å². The van der Waals surface area contributed by atoms with Crippen molar-refractivity contribution < 1.29 is 27.8 Å². The topological polar surface area (TPSA) is 38.7 Å². The van der Waals surface area contributed by atoms with E-state index in [0.29, 0.717) is 0 Å². The van der Waals surface area contributed by atoms with Crippen LogP contribution >= 0.6 is 0 Å². The Morgan fingerprint density at radius 1 is 1.14 bits per heavy atom. The van der Waals surface area contributed by atoms with Gasteiger partial charge in [-0.2, -0.15) is 13.2 Å². The van der Waals surface area contributed by atoms with Crippen molar-refractivity contribution >= 4 is 0 Å². The van der Waals surface area contributed by atoms with Crippen molar-refractivity contribution in [3.63, 3.8) is 0 Å². The van der Waals surface area contributed by atoms with Crippen molar-refractivity contribution in [3.8, 4) is 17.2 Å². The molecule has 0 saturated heterocycles. The summed E-state index contributed by atoms with van der Waals surface area (Å²) >= 11 is 0. The van der Waals surface area contributed by atoms with Gasteiger partial charge in [-0.05, 0) is 0 Å². The maximum absolute atomic E-state index is 12.3. The largest absolute Gasteiger partial charge is 0.507 e. The Hall–Kier alpha value is -1.59. The lowest BCUT2D eigenvalue weighted by Gasteiger charge is -2.09. The quantitative estimate of drug-likeness (QED) is 0.706. The van der Waals surface area contributed by atoms with Gasteiger partial charge in [0.1, 0.15) is 11.3 Å². The van der Waals surface area contributed by atoms with Crippen LogP contribution in [0, 0.1) is 0 Å². The van der Waals surface area contributed by atoms with Gasteiger partial charge < -0.3 is 14.6 Å². The van der Waals surface area contributed by atoms with E-state index < -0.39 is 17.5 Å². The molecule has 0 aromatic heterocycles. The van der Waals surface area contributed by atoms with E-state index in [2.05, 4.69) is 0 Å². The lowest BCUT2D eigenvalue weighted by Crippen LogP contribution is -2.04. The number of halogens is 3. The van der Waals surface area contributed by atoms with Crippen LogP contribution in [0.25, 0.3) is 0 Å². The highest BCUT2D eigenvalue weighted by atomic mass is 19.4. The zero-order chi connectivity index (χ0) is 10.3. The first-order valence-corrected chi connectivity index (χ1v) is 3.68. The molecular weight excluding hydrogens is 201 g/mol. The SMILES string of the molecule is Oc1cc2c(cc1C(F)(F)F)OCO2. The van der Waals surface area contributed by atoms with E-state index in [1.807, 2.05) is 0 Å². The average molecular weight is 206 g/mol. The Kier molecular flexibility index (Phi) is 1.73. The molecule has 0 amide bonds. The first-order chi connectivity index (χ1) is 6.48. The van der Waals surface area contributed by atoms with Gasteiger partial charge in [0.15, 0.2) is 11.5 Å². The lowest BCUT2D eigenvalue weighted by molar-refractivity contribution is -0.138. The number of hydrogen-bond donors (Lipinski definition) is 1. The number of aromatic hydroxyl groups is 1. The Bertz CT molecular complexity index is 373. The molecule has 6 heteroatoms. The molecular formula is C8H5F3O3. The van der Waals surface area contributed by atoms with Gasteiger partial charge >= 0.3 is 6.18 Å². The second-order valence-corrected chi connectivity index (χ2v) is 2.72. The minimum Gasteiger partial charge on any atom is -0.507 e. The van der Waals surface area contributed by atoms with Gasteiger partial charge in [0, 0.05) is 12.1 Å². The van der Waals surface area contributed by atoms with Gasteiger partial charge in [-0.25, -0.2) is 0 Å². The van der Waals surface area contributed by atoms with Crippen LogP contribution in [0.4, 0.5) is 13.2 Å². The third kappa shape index (κ3) is 1.32. The fourth-order valence-corrected chi connectivity index (χ4v) is 1.16. The van der Waals surface area contributed by atoms with Crippen molar-refractivity contribution in [1.82, 2.24) is 0 Å². The van der Waals surface area contributed by atoms with Gasteiger partial charge in [0.05, 0.1) is 0 Å². The lowest BCUT2D eigenvalue weighted by atomic mass is 10.1. The highest BCUT2D eigenvalue weighted by Crippen LogP contribution is 2.43. The first-order valence-electron chi connectivity index (χ1n) is 3.68. The molecule has 0 unspecified atom stereocenters. The van der Waals surface area contributed by atoms with Gasteiger partial charge in [0.25, 0.3) is 0 Å². The number of phenols is 1. The minimum atomic E-state index is -4.59. The van der Waals surface area contributed by atoms with Crippen LogP contribution in [0.2, 0.25) is 0 Å². The molecule has 1 N–H and O–H groups in total. The van der Waals surface area contributed by atoms with Gasteiger partial charge in [-0.3, -0.25) is 0 Å². The predicted octanol–water partition coefficient (Wildman–Crippen LogP) is 2.14. The van der Waals surface area contributed by atoms with E-state index >= 15 is 0 Å². The Morgan fingerprint density at radius 3 is 2.29 bits per heavy atom. The van der Waals surface area contributed by atoms with E-state index in [1.54, 1.807) is 0 Å². The maximum Gasteiger partial charge on any atom is 0.420 e. The zero-order valence-electron chi connectivity index (χ0n) is 6.76. The number of rotatable bonds is 0. The molecule has 1 aromatic rings. The Balaban J connectivity index is 2.53. The van der Waals surface area contributed by atoms with Crippen LogP contribution in [-0.2, 0) is 6.18 Å². The van der Waals surface area contributed by atoms with E-state index in [9.17, 15) is 13.2 Å². The zero-order valence-corrected chi connectivity index (χ0v) is 6.76. The Morgan fingerprint density at radius 2 is 1.71 bits per heavy atom. The number of alkyl halides is 3. The van der Waals surface area contributed by atoms with E-state index in [4.69, 9.17) is 14.6 Å². The third-order valence-electron chi connectivity index (χ3n) is 1.80. The molecule has 0 saturated carbocycles. The fourth-order valence-electron chi connectivity index (χ4n) is 1.16. The maximum atomic E-state index is 12.3. The molecule has 0 bridgehead atoms. The van der Waals surface area contributed by atoms with Crippen molar-refractivity contribution in [2.75, 3.05) is 6.79 Å². The molecule has 1 heterocycles. The molecule has 0 aliphatic carbocycles. The normalized spacial score (nSPS) is 14.5. The summed E-state index contributed by atoms with van der Waals surface area (Å²) in [7, 11) is 0. The van der Waals surface area contributed by atoms with Crippen LogP contribution in [0.1, 0.15) is 5.56 Å². The highest BCUT2D eigenvalue weighted by Gasteiger charge is 2.36. The monoisotopic (exact) mass is 206 g/mol. The molecule has 14 heavy (non-hydrogen) atoms. The summed E-state index contributed by atoms with van der Waals surface area (Å²) in [6, 6.07) is 1.61. The van der Waals surface area contributed by atoms with Gasteiger partial charge in [-0.1, -0.05) is 0 Å². The minimum absolute atomic E-state index is 0.00451. The molecule has 0 spiro atoms. The number of benzene rings is 1. The number of phenolic OH excluding ortho intramolecular Hbond substituents is 1. The van der Waals surface area contributed by atoms with Crippen LogP contribution < -0.4 is 9.47 Å². The van der Waals surface area contributed by atoms with Crippen LogP contribution in [-0.4, -0.2) is 11.9 Å². The predicted molar refractivity (Wildman–Crippen MR) is 39.2 cm³/mol. The number of ether oxygens (including phenoxy) is 2. The van der Waals surface area contributed by atoms with Gasteiger partial charge in [-0.15, -0.1) is 0 Å². The summed E-state index contributed by atoms with van der Waals surface area (Å²) in [6.45, 7) is -0.129. The third-order valence-corrected chi connectivity index (χ3v) is 1.80. The molecule has 1 aromatic carbocycles. The van der Waals surface area contributed by atoms with Crippen molar-refractivity contribution in [2.45, 2.75) is 6.18 Å². The van der Waals surface area contributed by atoms with Crippen LogP contribution in [0.5, 0.6) is 17.2 Å². The molecule has 76 valence electrons. The summed E-state index contributed by atoms with van der Waals surface area (Å²) in [5.74, 6) is -0.743. The second kappa shape index (κ2) is 2.70. The number of fused-ring (bicyclic) bond motifs is 1. The summed E-state index contributed by atoms with van der Waals surface area (Å²) in [5, 5.41) is 9.05. The summed E-state index contributed by atoms with van der Waals surface area (Å²) in [5.41, 5.74) is -1.12. The molecule has 0 radical (unpaired) electrons. The summed E-state index contributed by atoms with van der Waals surface area (Å²) in [6.07, 6.45) is -4.59.